The van der Waals surface area contributed by atoms with E-state index in [9.17, 15) is 9.59 Å². The molecule has 5 nitrogen and oxygen atoms in total. The summed E-state index contributed by atoms with van der Waals surface area (Å²) in [5, 5.41) is 5.71. The standard InChI is InChI=1S/C20H22N2O3/c1-12(2)19-16-10-14(6-9-17(16)22-20(19)24)21-18(23)11-25-15-7-4-13(3)5-8-15/h4-10,12,19H,11H2,1-3H3,(H,21,23)(H,22,24). The molecule has 3 rings (SSSR count). The Morgan fingerprint density at radius 2 is 1.92 bits per heavy atom. The molecule has 0 bridgehead atoms. The topological polar surface area (TPSA) is 67.4 Å². The molecule has 0 saturated heterocycles. The number of rotatable bonds is 5. The monoisotopic (exact) mass is 338 g/mol. The van der Waals surface area contributed by atoms with Gasteiger partial charge in [0.05, 0.1) is 5.92 Å². The van der Waals surface area contributed by atoms with Gasteiger partial charge >= 0.3 is 0 Å². The summed E-state index contributed by atoms with van der Waals surface area (Å²) in [7, 11) is 0. The van der Waals surface area contributed by atoms with Gasteiger partial charge < -0.3 is 15.4 Å². The minimum absolute atomic E-state index is 0.0104. The highest BCUT2D eigenvalue weighted by atomic mass is 16.5. The van der Waals surface area contributed by atoms with Gasteiger partial charge in [-0.25, -0.2) is 0 Å². The van der Waals surface area contributed by atoms with E-state index in [1.807, 2.05) is 57.2 Å². The predicted molar refractivity (Wildman–Crippen MR) is 98.0 cm³/mol. The Labute approximate surface area is 147 Å². The molecule has 130 valence electrons. The summed E-state index contributed by atoms with van der Waals surface area (Å²) < 4.78 is 5.49. The fourth-order valence-corrected chi connectivity index (χ4v) is 3.01. The maximum Gasteiger partial charge on any atom is 0.262 e. The fraction of sp³-hybridized carbons (Fsp3) is 0.300. The molecule has 0 fully saturated rings. The maximum atomic E-state index is 12.1. The Morgan fingerprint density at radius 1 is 1.20 bits per heavy atom. The molecule has 0 aliphatic carbocycles. The van der Waals surface area contributed by atoms with Crippen LogP contribution in [0, 0.1) is 12.8 Å². The molecular weight excluding hydrogens is 316 g/mol. The number of carbonyl (C=O) groups excluding carboxylic acids is 2. The van der Waals surface area contributed by atoms with Gasteiger partial charge in [0.15, 0.2) is 6.61 Å². The highest BCUT2D eigenvalue weighted by Crippen LogP contribution is 2.38. The quantitative estimate of drug-likeness (QED) is 0.873. The summed E-state index contributed by atoms with van der Waals surface area (Å²) >= 11 is 0. The normalized spacial score (nSPS) is 15.7. The second kappa shape index (κ2) is 6.97. The van der Waals surface area contributed by atoms with Crippen LogP contribution in [-0.2, 0) is 9.59 Å². The second-order valence-electron chi connectivity index (χ2n) is 6.66. The van der Waals surface area contributed by atoms with Crippen molar-refractivity contribution in [3.05, 3.63) is 53.6 Å². The van der Waals surface area contributed by atoms with E-state index >= 15 is 0 Å². The third kappa shape index (κ3) is 3.82. The third-order valence-electron chi connectivity index (χ3n) is 4.27. The highest BCUT2D eigenvalue weighted by molar-refractivity contribution is 6.04. The van der Waals surface area contributed by atoms with Gasteiger partial charge in [-0.05, 0) is 48.7 Å². The van der Waals surface area contributed by atoms with Gasteiger partial charge in [0.25, 0.3) is 5.91 Å². The molecule has 0 radical (unpaired) electrons. The van der Waals surface area contributed by atoms with E-state index in [-0.39, 0.29) is 30.3 Å². The first-order valence-corrected chi connectivity index (χ1v) is 8.38. The number of ether oxygens (including phenoxy) is 1. The van der Waals surface area contributed by atoms with Gasteiger partial charge in [0, 0.05) is 11.4 Å². The Balaban J connectivity index is 1.64. The van der Waals surface area contributed by atoms with Crippen molar-refractivity contribution in [2.45, 2.75) is 26.7 Å². The van der Waals surface area contributed by atoms with Crippen molar-refractivity contribution in [2.75, 3.05) is 17.2 Å². The predicted octanol–water partition coefficient (Wildman–Crippen LogP) is 3.70. The Morgan fingerprint density at radius 3 is 2.60 bits per heavy atom. The number of amides is 2. The van der Waals surface area contributed by atoms with Crippen LogP contribution in [0.25, 0.3) is 0 Å². The molecule has 5 heteroatoms. The molecule has 25 heavy (non-hydrogen) atoms. The van der Waals surface area contributed by atoms with Crippen LogP contribution in [0.1, 0.15) is 30.9 Å². The van der Waals surface area contributed by atoms with Crippen molar-refractivity contribution < 1.29 is 14.3 Å². The lowest BCUT2D eigenvalue weighted by atomic mass is 9.89. The molecule has 2 N–H and O–H groups in total. The first kappa shape index (κ1) is 17.0. The van der Waals surface area contributed by atoms with E-state index in [1.165, 1.54) is 0 Å². The molecule has 0 spiro atoms. The highest BCUT2D eigenvalue weighted by Gasteiger charge is 2.32. The molecule has 1 aliphatic rings. The first-order valence-electron chi connectivity index (χ1n) is 8.38. The average molecular weight is 338 g/mol. The van der Waals surface area contributed by atoms with Crippen molar-refractivity contribution in [1.82, 2.24) is 0 Å². The van der Waals surface area contributed by atoms with Crippen LogP contribution in [0.3, 0.4) is 0 Å². The number of aryl methyl sites for hydroxylation is 1. The van der Waals surface area contributed by atoms with E-state index in [2.05, 4.69) is 10.6 Å². The maximum absolute atomic E-state index is 12.1. The lowest BCUT2D eigenvalue weighted by Crippen LogP contribution is -2.20. The molecule has 0 aromatic heterocycles. The van der Waals surface area contributed by atoms with E-state index in [4.69, 9.17) is 4.74 Å². The molecule has 2 aromatic rings. The zero-order valence-electron chi connectivity index (χ0n) is 14.6. The number of fused-ring (bicyclic) bond motifs is 1. The van der Waals surface area contributed by atoms with Crippen LogP contribution >= 0.6 is 0 Å². The fourth-order valence-electron chi connectivity index (χ4n) is 3.01. The van der Waals surface area contributed by atoms with Crippen molar-refractivity contribution in [3.63, 3.8) is 0 Å². The Kier molecular flexibility index (Phi) is 4.74. The number of carbonyl (C=O) groups is 2. The van der Waals surface area contributed by atoms with Crippen LogP contribution in [-0.4, -0.2) is 18.4 Å². The third-order valence-corrected chi connectivity index (χ3v) is 4.27. The summed E-state index contributed by atoms with van der Waals surface area (Å²) in [5.41, 5.74) is 3.55. The minimum atomic E-state index is -0.237. The van der Waals surface area contributed by atoms with Crippen molar-refractivity contribution >= 4 is 23.2 Å². The number of hydrogen-bond acceptors (Lipinski definition) is 3. The summed E-state index contributed by atoms with van der Waals surface area (Å²) in [6.45, 7) is 5.96. The summed E-state index contributed by atoms with van der Waals surface area (Å²) in [6, 6.07) is 13.0. The number of anilines is 2. The summed E-state index contributed by atoms with van der Waals surface area (Å²) in [4.78, 5) is 24.2. The largest absolute Gasteiger partial charge is 0.484 e. The van der Waals surface area contributed by atoms with Crippen molar-refractivity contribution in [2.24, 2.45) is 5.92 Å². The second-order valence-corrected chi connectivity index (χ2v) is 6.66. The van der Waals surface area contributed by atoms with Crippen LogP contribution in [0.4, 0.5) is 11.4 Å². The number of hydrogen-bond donors (Lipinski definition) is 2. The first-order chi connectivity index (χ1) is 11.9. The Hall–Kier alpha value is -2.82. The van der Waals surface area contributed by atoms with Gasteiger partial charge in [-0.2, -0.15) is 0 Å². The molecule has 2 aromatic carbocycles. The summed E-state index contributed by atoms with van der Waals surface area (Å²) in [5.74, 6) is 0.437. The van der Waals surface area contributed by atoms with Crippen molar-refractivity contribution in [1.29, 1.82) is 0 Å². The SMILES string of the molecule is Cc1ccc(OCC(=O)Nc2ccc3c(c2)C(C(C)C)C(=O)N3)cc1. The smallest absolute Gasteiger partial charge is 0.262 e. The van der Waals surface area contributed by atoms with E-state index < -0.39 is 0 Å². The lowest BCUT2D eigenvalue weighted by molar-refractivity contribution is -0.118. The van der Waals surface area contributed by atoms with Crippen molar-refractivity contribution in [3.8, 4) is 5.75 Å². The summed E-state index contributed by atoms with van der Waals surface area (Å²) in [6.07, 6.45) is 0. The van der Waals surface area contributed by atoms with Gasteiger partial charge in [-0.3, -0.25) is 9.59 Å². The van der Waals surface area contributed by atoms with E-state index in [0.717, 1.165) is 16.8 Å². The zero-order valence-corrected chi connectivity index (χ0v) is 14.6. The molecule has 1 atom stereocenters. The van der Waals surface area contributed by atoms with Gasteiger partial charge in [-0.1, -0.05) is 31.5 Å². The molecule has 1 aliphatic heterocycles. The van der Waals surface area contributed by atoms with E-state index in [1.54, 1.807) is 6.07 Å². The van der Waals surface area contributed by atoms with Gasteiger partial charge in [0.1, 0.15) is 5.75 Å². The molecule has 2 amide bonds. The van der Waals surface area contributed by atoms with Gasteiger partial charge in [0.2, 0.25) is 5.91 Å². The lowest BCUT2D eigenvalue weighted by Gasteiger charge is -2.14. The molecular formula is C20H22N2O3. The van der Waals surface area contributed by atoms with Crippen LogP contribution in [0.5, 0.6) is 5.75 Å². The minimum Gasteiger partial charge on any atom is -0.484 e. The Bertz CT molecular complexity index is 797. The molecule has 1 heterocycles. The number of nitrogens with one attached hydrogen (secondary N) is 2. The van der Waals surface area contributed by atoms with Crippen LogP contribution in [0.2, 0.25) is 0 Å². The van der Waals surface area contributed by atoms with E-state index in [0.29, 0.717) is 11.4 Å². The average Bonchev–Trinajstić information content (AvgIpc) is 2.89. The number of benzene rings is 2. The van der Waals surface area contributed by atoms with Crippen LogP contribution < -0.4 is 15.4 Å². The van der Waals surface area contributed by atoms with Crippen LogP contribution in [0.15, 0.2) is 42.5 Å². The van der Waals surface area contributed by atoms with Gasteiger partial charge in [-0.15, -0.1) is 0 Å². The molecule has 0 saturated carbocycles. The zero-order chi connectivity index (χ0) is 18.0. The molecule has 1 unspecified atom stereocenters.